The van der Waals surface area contributed by atoms with Gasteiger partial charge in [0, 0.05) is 12.0 Å². The second-order valence-corrected chi connectivity index (χ2v) is 12.0. The predicted molar refractivity (Wildman–Crippen MR) is 164 cm³/mol. The molecule has 0 radical (unpaired) electrons. The summed E-state index contributed by atoms with van der Waals surface area (Å²) in [5.74, 6) is 0.717. The summed E-state index contributed by atoms with van der Waals surface area (Å²) in [5.41, 5.74) is 2.64. The lowest BCUT2D eigenvalue weighted by Crippen LogP contribution is -2.39. The van der Waals surface area contributed by atoms with Gasteiger partial charge in [-0.1, -0.05) is 114 Å². The van der Waals surface area contributed by atoms with Gasteiger partial charge in [0.2, 0.25) is 0 Å². The Kier molecular flexibility index (Phi) is 16.6. The molecule has 0 aliphatic rings. The molecule has 1 unspecified atom stereocenters. The van der Waals surface area contributed by atoms with E-state index in [1.54, 1.807) is 0 Å². The van der Waals surface area contributed by atoms with Crippen LogP contribution in [-0.4, -0.2) is 43.8 Å². The average Bonchev–Trinajstić information content (AvgIpc) is 2.91. The number of rotatable bonds is 22. The van der Waals surface area contributed by atoms with E-state index in [2.05, 4.69) is 63.5 Å². The van der Waals surface area contributed by atoms with E-state index in [-0.39, 0.29) is 18.7 Å². The Morgan fingerprint density at radius 3 is 2.05 bits per heavy atom. The maximum atomic E-state index is 12.3. The van der Waals surface area contributed by atoms with Gasteiger partial charge in [0.05, 0.1) is 27.1 Å². The number of unbranched alkanes of at least 4 members (excludes halogenated alkanes) is 10. The largest absolute Gasteiger partial charge is 0.487 e. The van der Waals surface area contributed by atoms with Gasteiger partial charge in [0.1, 0.15) is 25.0 Å². The molecule has 2 aromatic carbocycles. The van der Waals surface area contributed by atoms with Gasteiger partial charge in [-0.3, -0.25) is 4.79 Å². The van der Waals surface area contributed by atoms with Crippen molar-refractivity contribution in [3.63, 3.8) is 0 Å². The molecule has 0 saturated carbocycles. The fourth-order valence-electron chi connectivity index (χ4n) is 5.12. The summed E-state index contributed by atoms with van der Waals surface area (Å²) in [6.45, 7) is 6.41. The highest BCUT2D eigenvalue weighted by Crippen LogP contribution is 2.18. The van der Waals surface area contributed by atoms with Gasteiger partial charge in [0.25, 0.3) is 0 Å². The smallest absolute Gasteiger partial charge is 0.306 e. The summed E-state index contributed by atoms with van der Waals surface area (Å²) in [6.07, 6.45) is 17.2. The molecule has 0 aliphatic heterocycles. The van der Waals surface area contributed by atoms with Crippen molar-refractivity contribution in [1.82, 2.24) is 0 Å². The molecule has 0 N–H and O–H groups in total. The first-order valence-electron chi connectivity index (χ1n) is 15.6. The van der Waals surface area contributed by atoms with Crippen molar-refractivity contribution in [3.05, 3.63) is 65.7 Å². The van der Waals surface area contributed by atoms with Crippen LogP contribution >= 0.6 is 0 Å². The monoisotopic (exact) mass is 538 g/mol. The summed E-state index contributed by atoms with van der Waals surface area (Å²) in [7, 11) is 4.42. The van der Waals surface area contributed by atoms with E-state index in [0.717, 1.165) is 36.2 Å². The number of carbonyl (C=O) groups is 1. The molecule has 2 aromatic rings. The minimum Gasteiger partial charge on any atom is -0.487 e. The molecule has 0 fully saturated rings. The van der Waals surface area contributed by atoms with E-state index in [1.165, 1.54) is 81.8 Å². The van der Waals surface area contributed by atoms with Crippen molar-refractivity contribution in [2.24, 2.45) is 0 Å². The molecular weight excluding hydrogens is 482 g/mol. The normalized spacial score (nSPS) is 12.3. The molecule has 4 heteroatoms. The first kappa shape index (κ1) is 32.9. The van der Waals surface area contributed by atoms with Gasteiger partial charge >= 0.3 is 5.97 Å². The molecule has 0 amide bonds. The first-order valence-corrected chi connectivity index (χ1v) is 15.6. The van der Waals surface area contributed by atoms with Crippen LogP contribution in [0, 0.1) is 0 Å². The number of hydrogen-bond acceptors (Lipinski definition) is 3. The Balaban J connectivity index is 1.55. The Morgan fingerprint density at radius 1 is 0.769 bits per heavy atom. The number of quaternary nitrogens is 1. The van der Waals surface area contributed by atoms with Crippen molar-refractivity contribution in [1.29, 1.82) is 0 Å². The van der Waals surface area contributed by atoms with Crippen molar-refractivity contribution in [2.75, 3.05) is 27.2 Å². The highest BCUT2D eigenvalue weighted by molar-refractivity contribution is 5.69. The number of ether oxygens (including phenoxy) is 2. The number of esters is 1. The van der Waals surface area contributed by atoms with Crippen LogP contribution in [0.5, 0.6) is 5.75 Å². The highest BCUT2D eigenvalue weighted by atomic mass is 16.6. The van der Waals surface area contributed by atoms with Crippen LogP contribution in [0.25, 0.3) is 0 Å². The predicted octanol–water partition coefficient (Wildman–Crippen LogP) is 8.91. The first-order chi connectivity index (χ1) is 18.9. The standard InChI is InChI=1S/C35H56NO3/c1-5-6-7-8-9-10-11-12-13-14-16-21-32-24-19-25-34(28-32)39-31(2)30-38-35(37)26-20-27-36(3,4)29-33-22-17-15-18-23-33/h15,17-19,22-25,28,31H,5-14,16,20-21,26-27,29-30H2,1-4H3/q+1. The molecule has 4 nitrogen and oxygen atoms in total. The second kappa shape index (κ2) is 19.7. The molecule has 0 aromatic heterocycles. The summed E-state index contributed by atoms with van der Waals surface area (Å²) < 4.78 is 12.4. The zero-order valence-electron chi connectivity index (χ0n) is 25.5. The van der Waals surface area contributed by atoms with E-state index in [1.807, 2.05) is 19.1 Å². The van der Waals surface area contributed by atoms with E-state index in [0.29, 0.717) is 6.42 Å². The number of benzene rings is 2. The quantitative estimate of drug-likeness (QED) is 0.0853. The Morgan fingerprint density at radius 2 is 1.38 bits per heavy atom. The Hall–Kier alpha value is -2.33. The van der Waals surface area contributed by atoms with Gasteiger partial charge in [-0.2, -0.15) is 0 Å². The van der Waals surface area contributed by atoms with Crippen molar-refractivity contribution >= 4 is 5.97 Å². The summed E-state index contributed by atoms with van der Waals surface area (Å²) in [6, 6.07) is 18.9. The molecule has 1 atom stereocenters. The van der Waals surface area contributed by atoms with E-state index in [4.69, 9.17) is 9.47 Å². The number of hydrogen-bond donors (Lipinski definition) is 0. The fourth-order valence-corrected chi connectivity index (χ4v) is 5.12. The maximum Gasteiger partial charge on any atom is 0.306 e. The summed E-state index contributed by atoms with van der Waals surface area (Å²) in [5, 5.41) is 0. The Bertz CT molecular complexity index is 896. The molecule has 0 saturated heterocycles. The van der Waals surface area contributed by atoms with E-state index in [9.17, 15) is 4.79 Å². The molecule has 39 heavy (non-hydrogen) atoms. The molecule has 0 spiro atoms. The molecule has 0 bridgehead atoms. The lowest BCUT2D eigenvalue weighted by molar-refractivity contribution is -0.903. The van der Waals surface area contributed by atoms with Gasteiger partial charge < -0.3 is 14.0 Å². The Labute approximate surface area is 239 Å². The van der Waals surface area contributed by atoms with E-state index >= 15 is 0 Å². The van der Waals surface area contributed by atoms with Crippen LogP contribution in [-0.2, 0) is 22.5 Å². The molecule has 0 heterocycles. The minimum atomic E-state index is -0.170. The van der Waals surface area contributed by atoms with Crippen molar-refractivity contribution in [2.45, 2.75) is 116 Å². The maximum absolute atomic E-state index is 12.3. The number of carbonyl (C=O) groups excluding carboxylic acids is 1. The zero-order valence-corrected chi connectivity index (χ0v) is 25.5. The second-order valence-electron chi connectivity index (χ2n) is 12.0. The van der Waals surface area contributed by atoms with E-state index < -0.39 is 0 Å². The van der Waals surface area contributed by atoms with Crippen LogP contribution in [0.1, 0.15) is 108 Å². The molecular formula is C35H56NO3+. The molecule has 2 rings (SSSR count). The van der Waals surface area contributed by atoms with Gasteiger partial charge in [-0.15, -0.1) is 0 Å². The SMILES string of the molecule is CCCCCCCCCCCCCc1cccc(OC(C)COC(=O)CCC[N+](C)(C)Cc2ccccc2)c1. The number of aryl methyl sites for hydroxylation is 1. The third kappa shape index (κ3) is 16.4. The van der Waals surface area contributed by atoms with Crippen LogP contribution in [0.15, 0.2) is 54.6 Å². The third-order valence-electron chi connectivity index (χ3n) is 7.38. The lowest BCUT2D eigenvalue weighted by Gasteiger charge is -2.29. The molecule has 0 aliphatic carbocycles. The van der Waals surface area contributed by atoms with Crippen LogP contribution in [0.4, 0.5) is 0 Å². The zero-order chi connectivity index (χ0) is 28.2. The fraction of sp³-hybridized carbons (Fsp3) is 0.629. The van der Waals surface area contributed by atoms with Gasteiger partial charge in [-0.25, -0.2) is 0 Å². The van der Waals surface area contributed by atoms with Gasteiger partial charge in [0.15, 0.2) is 0 Å². The summed E-state index contributed by atoms with van der Waals surface area (Å²) >= 11 is 0. The number of nitrogens with zero attached hydrogens (tertiary/aromatic N) is 1. The molecule has 218 valence electrons. The van der Waals surface area contributed by atoms with Crippen LogP contribution in [0.3, 0.4) is 0 Å². The van der Waals surface area contributed by atoms with Crippen molar-refractivity contribution < 1.29 is 18.8 Å². The van der Waals surface area contributed by atoms with Crippen molar-refractivity contribution in [3.8, 4) is 5.75 Å². The average molecular weight is 539 g/mol. The van der Waals surface area contributed by atoms with Crippen LogP contribution in [0.2, 0.25) is 0 Å². The highest BCUT2D eigenvalue weighted by Gasteiger charge is 2.17. The van der Waals surface area contributed by atoms with Gasteiger partial charge in [-0.05, 0) is 37.5 Å². The topological polar surface area (TPSA) is 35.5 Å². The minimum absolute atomic E-state index is 0.143. The van der Waals surface area contributed by atoms with Crippen LogP contribution < -0.4 is 4.74 Å². The summed E-state index contributed by atoms with van der Waals surface area (Å²) in [4.78, 5) is 12.3. The third-order valence-corrected chi connectivity index (χ3v) is 7.38. The lowest BCUT2D eigenvalue weighted by atomic mass is 10.0.